The highest BCUT2D eigenvalue weighted by Gasteiger charge is 2.33. The smallest absolute Gasteiger partial charge is 0.237 e. The number of rotatable bonds is 5. The Bertz CT molecular complexity index is 634. The summed E-state index contributed by atoms with van der Waals surface area (Å²) < 4.78 is 27.3. The molecule has 5 nitrogen and oxygen atoms in total. The van der Waals surface area contributed by atoms with E-state index in [1.54, 1.807) is 4.90 Å². The molecular formula is C17H21F2N3O2. The maximum Gasteiger partial charge on any atom is 0.237 e. The molecule has 130 valence electrons. The minimum absolute atomic E-state index is 0.0271. The van der Waals surface area contributed by atoms with Crippen molar-refractivity contribution in [2.75, 3.05) is 13.1 Å². The number of halogens is 2. The highest BCUT2D eigenvalue weighted by molar-refractivity contribution is 5.88. The molecule has 24 heavy (non-hydrogen) atoms. The lowest BCUT2D eigenvalue weighted by atomic mass is 9.93. The van der Waals surface area contributed by atoms with Gasteiger partial charge in [-0.3, -0.25) is 14.5 Å². The van der Waals surface area contributed by atoms with Crippen LogP contribution in [0.3, 0.4) is 0 Å². The Morgan fingerprint density at radius 3 is 2.83 bits per heavy atom. The van der Waals surface area contributed by atoms with Crippen LogP contribution in [-0.4, -0.2) is 41.9 Å². The fourth-order valence-electron chi connectivity index (χ4n) is 3.08. The summed E-state index contributed by atoms with van der Waals surface area (Å²) in [5.41, 5.74) is 0.189. The topological polar surface area (TPSA) is 61.4 Å². The standard InChI is InChI=1S/C17H21F2N3O2/c18-13-6-1-3-11(16(13)19)10-22-8-7-20-17(24)14(22)9-15(23)21-12-4-2-5-12/h1,3,6,12,14H,2,4-5,7-10H2,(H,20,24)(H,21,23)/t14-/m1/s1. The lowest BCUT2D eigenvalue weighted by Gasteiger charge is -2.35. The van der Waals surface area contributed by atoms with Gasteiger partial charge in [0, 0.05) is 31.2 Å². The van der Waals surface area contributed by atoms with Crippen LogP contribution in [0.4, 0.5) is 8.78 Å². The summed E-state index contributed by atoms with van der Waals surface area (Å²) in [5, 5.41) is 5.64. The van der Waals surface area contributed by atoms with Crippen molar-refractivity contribution >= 4 is 11.8 Å². The molecule has 0 bridgehead atoms. The summed E-state index contributed by atoms with van der Waals surface area (Å²) in [4.78, 5) is 26.0. The van der Waals surface area contributed by atoms with Gasteiger partial charge in [0.2, 0.25) is 11.8 Å². The van der Waals surface area contributed by atoms with Gasteiger partial charge in [-0.15, -0.1) is 0 Å². The van der Waals surface area contributed by atoms with E-state index in [4.69, 9.17) is 0 Å². The van der Waals surface area contributed by atoms with Gasteiger partial charge in [0.15, 0.2) is 11.6 Å². The molecule has 2 amide bonds. The molecule has 1 aliphatic heterocycles. The number of carbonyl (C=O) groups is 2. The molecule has 1 atom stereocenters. The van der Waals surface area contributed by atoms with Crippen molar-refractivity contribution in [1.29, 1.82) is 0 Å². The van der Waals surface area contributed by atoms with E-state index in [0.29, 0.717) is 13.1 Å². The first-order valence-corrected chi connectivity index (χ1v) is 8.28. The van der Waals surface area contributed by atoms with Gasteiger partial charge in [0.05, 0.1) is 12.5 Å². The minimum Gasteiger partial charge on any atom is -0.353 e. The molecule has 0 unspecified atom stereocenters. The zero-order valence-corrected chi connectivity index (χ0v) is 13.4. The maximum atomic E-state index is 13.9. The van der Waals surface area contributed by atoms with Crippen molar-refractivity contribution in [2.24, 2.45) is 0 Å². The van der Waals surface area contributed by atoms with E-state index in [1.165, 1.54) is 12.1 Å². The Balaban J connectivity index is 1.68. The molecule has 3 rings (SSSR count). The summed E-state index contributed by atoms with van der Waals surface area (Å²) in [6.07, 6.45) is 3.08. The summed E-state index contributed by atoms with van der Waals surface area (Å²) in [6, 6.07) is 3.54. The summed E-state index contributed by atoms with van der Waals surface area (Å²) >= 11 is 0. The van der Waals surface area contributed by atoms with Gasteiger partial charge in [0.25, 0.3) is 0 Å². The van der Waals surface area contributed by atoms with Gasteiger partial charge < -0.3 is 10.6 Å². The highest BCUT2D eigenvalue weighted by Crippen LogP contribution is 2.20. The van der Waals surface area contributed by atoms with E-state index < -0.39 is 17.7 Å². The van der Waals surface area contributed by atoms with Crippen LogP contribution in [0.2, 0.25) is 0 Å². The van der Waals surface area contributed by atoms with E-state index in [2.05, 4.69) is 10.6 Å². The molecule has 2 N–H and O–H groups in total. The first kappa shape index (κ1) is 16.8. The second-order valence-corrected chi connectivity index (χ2v) is 6.39. The lowest BCUT2D eigenvalue weighted by molar-refractivity contribution is -0.134. The third-order valence-corrected chi connectivity index (χ3v) is 4.70. The number of hydrogen-bond acceptors (Lipinski definition) is 3. The molecule has 1 aromatic carbocycles. The van der Waals surface area contributed by atoms with Gasteiger partial charge in [-0.25, -0.2) is 8.78 Å². The Morgan fingerprint density at radius 2 is 2.12 bits per heavy atom. The average molecular weight is 337 g/mol. The van der Waals surface area contributed by atoms with Crippen molar-refractivity contribution in [1.82, 2.24) is 15.5 Å². The number of nitrogens with zero attached hydrogens (tertiary/aromatic N) is 1. The zero-order chi connectivity index (χ0) is 17.1. The van der Waals surface area contributed by atoms with Gasteiger partial charge >= 0.3 is 0 Å². The van der Waals surface area contributed by atoms with E-state index in [1.807, 2.05) is 0 Å². The number of carbonyl (C=O) groups excluding carboxylic acids is 2. The second-order valence-electron chi connectivity index (χ2n) is 6.39. The van der Waals surface area contributed by atoms with E-state index in [-0.39, 0.29) is 36.4 Å². The van der Waals surface area contributed by atoms with Crippen LogP contribution in [0.1, 0.15) is 31.2 Å². The van der Waals surface area contributed by atoms with Crippen molar-refractivity contribution in [2.45, 2.75) is 44.3 Å². The van der Waals surface area contributed by atoms with Crippen LogP contribution in [0.15, 0.2) is 18.2 Å². The summed E-state index contributed by atoms with van der Waals surface area (Å²) in [5.74, 6) is -2.23. The minimum atomic E-state index is -0.909. The number of hydrogen-bond donors (Lipinski definition) is 2. The quantitative estimate of drug-likeness (QED) is 0.852. The van der Waals surface area contributed by atoms with E-state index in [0.717, 1.165) is 25.3 Å². The van der Waals surface area contributed by atoms with Crippen molar-refractivity contribution < 1.29 is 18.4 Å². The van der Waals surface area contributed by atoms with E-state index in [9.17, 15) is 18.4 Å². The van der Waals surface area contributed by atoms with Crippen LogP contribution >= 0.6 is 0 Å². The van der Waals surface area contributed by atoms with Crippen LogP contribution in [-0.2, 0) is 16.1 Å². The normalized spacial score (nSPS) is 21.9. The fraction of sp³-hybridized carbons (Fsp3) is 0.529. The third kappa shape index (κ3) is 3.72. The number of piperazine rings is 1. The molecule has 0 spiro atoms. The molecule has 1 aliphatic carbocycles. The fourth-order valence-corrected chi connectivity index (χ4v) is 3.08. The van der Waals surface area contributed by atoms with Crippen LogP contribution in [0.25, 0.3) is 0 Å². The first-order chi connectivity index (χ1) is 11.5. The largest absolute Gasteiger partial charge is 0.353 e. The SMILES string of the molecule is O=C(C[C@@H]1C(=O)NCCN1Cc1cccc(F)c1F)NC1CCC1. The molecule has 0 radical (unpaired) electrons. The summed E-state index contributed by atoms with van der Waals surface area (Å²) in [7, 11) is 0. The molecule has 7 heteroatoms. The summed E-state index contributed by atoms with van der Waals surface area (Å²) in [6.45, 7) is 1.01. The Hall–Kier alpha value is -2.02. The van der Waals surface area contributed by atoms with Crippen LogP contribution in [0.5, 0.6) is 0 Å². The van der Waals surface area contributed by atoms with Crippen molar-refractivity contribution in [3.05, 3.63) is 35.4 Å². The number of benzene rings is 1. The monoisotopic (exact) mass is 337 g/mol. The molecular weight excluding hydrogens is 316 g/mol. The van der Waals surface area contributed by atoms with Gasteiger partial charge in [-0.2, -0.15) is 0 Å². The molecule has 2 aliphatic rings. The van der Waals surface area contributed by atoms with Crippen LogP contribution in [0, 0.1) is 11.6 Å². The number of amides is 2. The van der Waals surface area contributed by atoms with Crippen molar-refractivity contribution in [3.63, 3.8) is 0 Å². The molecule has 2 fully saturated rings. The zero-order valence-electron chi connectivity index (χ0n) is 13.4. The van der Waals surface area contributed by atoms with E-state index >= 15 is 0 Å². The molecule has 1 saturated heterocycles. The Morgan fingerprint density at radius 1 is 1.33 bits per heavy atom. The average Bonchev–Trinajstić information content (AvgIpc) is 2.51. The Kier molecular flexibility index (Phi) is 5.08. The maximum absolute atomic E-state index is 13.9. The predicted molar refractivity (Wildman–Crippen MR) is 84.0 cm³/mol. The molecule has 1 saturated carbocycles. The molecule has 1 heterocycles. The molecule has 0 aromatic heterocycles. The second kappa shape index (κ2) is 7.25. The van der Waals surface area contributed by atoms with Gasteiger partial charge in [-0.1, -0.05) is 12.1 Å². The predicted octanol–water partition coefficient (Wildman–Crippen LogP) is 1.32. The van der Waals surface area contributed by atoms with Gasteiger partial charge in [0.1, 0.15) is 0 Å². The third-order valence-electron chi connectivity index (χ3n) is 4.70. The lowest BCUT2D eigenvalue weighted by Crippen LogP contribution is -2.56. The van der Waals surface area contributed by atoms with Crippen LogP contribution < -0.4 is 10.6 Å². The Labute approximate surface area is 139 Å². The van der Waals surface area contributed by atoms with Crippen molar-refractivity contribution in [3.8, 4) is 0 Å². The highest BCUT2D eigenvalue weighted by atomic mass is 19.2. The van der Waals surface area contributed by atoms with Gasteiger partial charge in [-0.05, 0) is 25.3 Å². The first-order valence-electron chi connectivity index (χ1n) is 8.28. The number of nitrogens with one attached hydrogen (secondary N) is 2. The molecule has 1 aromatic rings.